The number of nitrogens with one attached hydrogen (secondary N) is 3. The largest absolute Gasteiger partial charge is 0.391 e. The fraction of sp³-hybridized carbons (Fsp3) is 0.259. The number of fused-ring (bicyclic) bond motifs is 1. The van der Waals surface area contributed by atoms with Crippen LogP contribution >= 0.6 is 0 Å². The molecule has 36 heavy (non-hydrogen) atoms. The van der Waals surface area contributed by atoms with Gasteiger partial charge in [-0.3, -0.25) is 9.48 Å². The standard InChI is InChI=1S/C27H30N6O3/c1-4-21(34)15-29-27(36)31-20-10-11-23-22(12-20)24(26(35)28-13-18-14-30-33(3)16-18)17(2)25(32-23)19-8-6-5-7-9-19/h5-12,14,16,21,34H,4,13,15H2,1-3H3,(H,28,35)(H2,29,31,36)/t21-/m1/s1. The zero-order valence-corrected chi connectivity index (χ0v) is 20.6. The van der Waals surface area contributed by atoms with Crippen LogP contribution in [0.15, 0.2) is 60.9 Å². The van der Waals surface area contributed by atoms with Crippen LogP contribution < -0.4 is 16.0 Å². The fourth-order valence-electron chi connectivity index (χ4n) is 3.97. The van der Waals surface area contributed by atoms with E-state index in [2.05, 4.69) is 21.0 Å². The van der Waals surface area contributed by atoms with Gasteiger partial charge in [-0.2, -0.15) is 5.10 Å². The highest BCUT2D eigenvalue weighted by molar-refractivity contribution is 6.10. The molecule has 0 aliphatic carbocycles. The number of carbonyl (C=O) groups excluding carboxylic acids is 2. The molecule has 186 valence electrons. The number of aryl methyl sites for hydroxylation is 1. The Morgan fingerprint density at radius 2 is 1.89 bits per heavy atom. The van der Waals surface area contributed by atoms with Crippen molar-refractivity contribution in [3.63, 3.8) is 0 Å². The third-order valence-corrected chi connectivity index (χ3v) is 5.94. The van der Waals surface area contributed by atoms with E-state index >= 15 is 0 Å². The number of anilines is 1. The minimum atomic E-state index is -0.606. The molecule has 4 N–H and O–H groups in total. The van der Waals surface area contributed by atoms with Crippen LogP contribution in [0.2, 0.25) is 0 Å². The molecule has 2 heterocycles. The highest BCUT2D eigenvalue weighted by atomic mass is 16.3. The van der Waals surface area contributed by atoms with E-state index in [0.717, 1.165) is 22.4 Å². The van der Waals surface area contributed by atoms with E-state index in [-0.39, 0.29) is 12.5 Å². The molecule has 2 aromatic heterocycles. The van der Waals surface area contributed by atoms with E-state index in [1.54, 1.807) is 29.1 Å². The highest BCUT2D eigenvalue weighted by Gasteiger charge is 2.20. The van der Waals surface area contributed by atoms with Crippen LogP contribution in [0.1, 0.15) is 34.8 Å². The lowest BCUT2D eigenvalue weighted by Crippen LogP contribution is -2.35. The first-order chi connectivity index (χ1) is 17.4. The predicted octanol–water partition coefficient (Wildman–Crippen LogP) is 3.77. The number of amides is 3. The van der Waals surface area contributed by atoms with E-state index in [9.17, 15) is 14.7 Å². The van der Waals surface area contributed by atoms with Gasteiger partial charge in [0, 0.05) is 48.5 Å². The summed E-state index contributed by atoms with van der Waals surface area (Å²) >= 11 is 0. The molecule has 0 saturated heterocycles. The van der Waals surface area contributed by atoms with Crippen LogP contribution in [0.25, 0.3) is 22.2 Å². The second kappa shape index (κ2) is 11.0. The van der Waals surface area contributed by atoms with Crippen LogP contribution in [0.5, 0.6) is 0 Å². The summed E-state index contributed by atoms with van der Waals surface area (Å²) in [5.74, 6) is -0.242. The number of urea groups is 1. The van der Waals surface area contributed by atoms with Gasteiger partial charge in [-0.05, 0) is 37.1 Å². The van der Waals surface area contributed by atoms with Crippen molar-refractivity contribution in [3.8, 4) is 11.3 Å². The van der Waals surface area contributed by atoms with Crippen LogP contribution in [0.4, 0.5) is 10.5 Å². The lowest BCUT2D eigenvalue weighted by Gasteiger charge is -2.16. The summed E-state index contributed by atoms with van der Waals surface area (Å²) in [7, 11) is 1.83. The molecule has 1 atom stereocenters. The number of hydrogen-bond donors (Lipinski definition) is 4. The molecule has 0 fully saturated rings. The number of aliphatic hydroxyl groups is 1. The van der Waals surface area contributed by atoms with E-state index < -0.39 is 12.1 Å². The van der Waals surface area contributed by atoms with Crippen molar-refractivity contribution in [2.45, 2.75) is 32.9 Å². The molecule has 0 bridgehead atoms. The Bertz CT molecular complexity index is 1380. The lowest BCUT2D eigenvalue weighted by atomic mass is 9.96. The average Bonchev–Trinajstić information content (AvgIpc) is 3.31. The van der Waals surface area contributed by atoms with Crippen LogP contribution in [-0.4, -0.2) is 44.5 Å². The Kier molecular flexibility index (Phi) is 7.60. The maximum atomic E-state index is 13.5. The number of aromatic nitrogens is 3. The van der Waals surface area contributed by atoms with Crippen molar-refractivity contribution >= 4 is 28.5 Å². The number of pyridine rings is 1. The minimum absolute atomic E-state index is 0.152. The molecule has 0 spiro atoms. The highest BCUT2D eigenvalue weighted by Crippen LogP contribution is 2.31. The Balaban J connectivity index is 1.70. The average molecular weight is 487 g/mol. The van der Waals surface area contributed by atoms with Crippen molar-refractivity contribution in [1.82, 2.24) is 25.4 Å². The number of carbonyl (C=O) groups is 2. The van der Waals surface area contributed by atoms with Gasteiger partial charge in [0.15, 0.2) is 0 Å². The summed E-state index contributed by atoms with van der Waals surface area (Å²) in [6, 6.07) is 14.6. The monoisotopic (exact) mass is 486 g/mol. The Morgan fingerprint density at radius 3 is 2.58 bits per heavy atom. The predicted molar refractivity (Wildman–Crippen MR) is 140 cm³/mol. The summed E-state index contributed by atoms with van der Waals surface area (Å²) in [6.45, 7) is 4.20. The van der Waals surface area contributed by atoms with Gasteiger partial charge >= 0.3 is 6.03 Å². The summed E-state index contributed by atoms with van der Waals surface area (Å²) in [6.07, 6.45) is 3.50. The van der Waals surface area contributed by atoms with E-state index in [1.165, 1.54) is 0 Å². The summed E-state index contributed by atoms with van der Waals surface area (Å²) in [4.78, 5) is 30.7. The Labute approximate surface area is 209 Å². The van der Waals surface area contributed by atoms with Crippen molar-refractivity contribution in [2.75, 3.05) is 11.9 Å². The van der Waals surface area contributed by atoms with Gasteiger partial charge in [-0.25, -0.2) is 9.78 Å². The first-order valence-corrected chi connectivity index (χ1v) is 11.8. The topological polar surface area (TPSA) is 121 Å². The first kappa shape index (κ1) is 24.9. The third-order valence-electron chi connectivity index (χ3n) is 5.94. The maximum Gasteiger partial charge on any atom is 0.319 e. The molecule has 0 saturated carbocycles. The third kappa shape index (κ3) is 5.69. The van der Waals surface area contributed by atoms with E-state index in [1.807, 2.05) is 57.4 Å². The quantitative estimate of drug-likeness (QED) is 0.302. The minimum Gasteiger partial charge on any atom is -0.391 e. The van der Waals surface area contributed by atoms with Crippen molar-refractivity contribution in [3.05, 3.63) is 77.6 Å². The molecule has 0 radical (unpaired) electrons. The number of rotatable bonds is 8. The van der Waals surface area contributed by atoms with E-state index in [4.69, 9.17) is 4.98 Å². The molecular formula is C27H30N6O3. The fourth-order valence-corrected chi connectivity index (χ4v) is 3.97. The van der Waals surface area contributed by atoms with Crippen molar-refractivity contribution < 1.29 is 14.7 Å². The van der Waals surface area contributed by atoms with Gasteiger partial charge in [-0.1, -0.05) is 37.3 Å². The molecule has 4 rings (SSSR count). The Morgan fingerprint density at radius 1 is 1.11 bits per heavy atom. The number of nitrogens with zero attached hydrogens (tertiary/aromatic N) is 3. The molecule has 3 amide bonds. The first-order valence-electron chi connectivity index (χ1n) is 11.8. The Hall–Kier alpha value is -4.24. The molecular weight excluding hydrogens is 456 g/mol. The zero-order chi connectivity index (χ0) is 25.7. The molecule has 4 aromatic rings. The molecule has 0 aliphatic heterocycles. The second-order valence-corrected chi connectivity index (χ2v) is 8.66. The number of aliphatic hydroxyl groups excluding tert-OH is 1. The molecule has 9 heteroatoms. The van der Waals surface area contributed by atoms with Gasteiger partial charge in [0.05, 0.1) is 29.1 Å². The van der Waals surface area contributed by atoms with E-state index in [0.29, 0.717) is 35.1 Å². The van der Waals surface area contributed by atoms with Crippen molar-refractivity contribution in [1.29, 1.82) is 0 Å². The van der Waals surface area contributed by atoms with Gasteiger partial charge < -0.3 is 21.1 Å². The van der Waals surface area contributed by atoms with Crippen LogP contribution in [0.3, 0.4) is 0 Å². The SMILES string of the molecule is CC[C@@H](O)CNC(=O)Nc1ccc2nc(-c3ccccc3)c(C)c(C(=O)NCc3cnn(C)c3)c2c1. The summed E-state index contributed by atoms with van der Waals surface area (Å²) < 4.78 is 1.69. The zero-order valence-electron chi connectivity index (χ0n) is 20.6. The van der Waals surface area contributed by atoms with Crippen molar-refractivity contribution in [2.24, 2.45) is 7.05 Å². The lowest BCUT2D eigenvalue weighted by molar-refractivity contribution is 0.0952. The molecule has 0 aliphatic rings. The number of benzene rings is 2. The van der Waals surface area contributed by atoms with Crippen LogP contribution in [0, 0.1) is 6.92 Å². The van der Waals surface area contributed by atoms with Gasteiger partial charge in [0.25, 0.3) is 5.91 Å². The van der Waals surface area contributed by atoms with Crippen LogP contribution in [-0.2, 0) is 13.6 Å². The van der Waals surface area contributed by atoms with Gasteiger partial charge in [0.1, 0.15) is 0 Å². The maximum absolute atomic E-state index is 13.5. The summed E-state index contributed by atoms with van der Waals surface area (Å²) in [5.41, 5.74) is 4.91. The summed E-state index contributed by atoms with van der Waals surface area (Å²) in [5, 5.41) is 22.9. The normalized spacial score (nSPS) is 11.8. The second-order valence-electron chi connectivity index (χ2n) is 8.66. The number of hydrogen-bond acceptors (Lipinski definition) is 5. The smallest absolute Gasteiger partial charge is 0.319 e. The molecule has 9 nitrogen and oxygen atoms in total. The van der Waals surface area contributed by atoms with Gasteiger partial charge in [0.2, 0.25) is 0 Å². The molecule has 2 aromatic carbocycles. The van der Waals surface area contributed by atoms with Gasteiger partial charge in [-0.15, -0.1) is 0 Å². The molecule has 0 unspecified atom stereocenters.